The Kier molecular flexibility index (Phi) is 6.11. The molecule has 1 heterocycles. The zero-order valence-electron chi connectivity index (χ0n) is 16.0. The summed E-state index contributed by atoms with van der Waals surface area (Å²) in [6.07, 6.45) is -0.396. The summed E-state index contributed by atoms with van der Waals surface area (Å²) in [7, 11) is 0. The van der Waals surface area contributed by atoms with Crippen LogP contribution in [-0.2, 0) is 20.7 Å². The molecule has 1 aliphatic rings. The van der Waals surface area contributed by atoms with E-state index in [4.69, 9.17) is 21.3 Å². The molecule has 150 valence electrons. The van der Waals surface area contributed by atoms with Gasteiger partial charge in [0.05, 0.1) is 6.04 Å². The average Bonchev–Trinajstić information content (AvgIpc) is 2.71. The highest BCUT2D eigenvalue weighted by Crippen LogP contribution is 2.33. The van der Waals surface area contributed by atoms with Gasteiger partial charge in [-0.1, -0.05) is 72.8 Å². The van der Waals surface area contributed by atoms with Gasteiger partial charge < -0.3 is 14.8 Å². The molecule has 1 aliphatic heterocycles. The van der Waals surface area contributed by atoms with E-state index in [-0.39, 0.29) is 18.2 Å². The van der Waals surface area contributed by atoms with Crippen molar-refractivity contribution in [3.8, 4) is 0 Å². The molecule has 0 spiro atoms. The number of amides is 1. The maximum absolute atomic E-state index is 12.7. The molecule has 3 aromatic carbocycles. The van der Waals surface area contributed by atoms with Crippen LogP contribution < -0.4 is 10.2 Å². The van der Waals surface area contributed by atoms with Crippen LogP contribution in [0, 0.1) is 0 Å². The van der Waals surface area contributed by atoms with E-state index in [0.29, 0.717) is 6.42 Å². The van der Waals surface area contributed by atoms with Crippen LogP contribution >= 0.6 is 11.8 Å². The third-order valence-electron chi connectivity index (χ3n) is 5.07. The smallest absolute Gasteiger partial charge is 0.239 e. The average molecular weight is 411 g/mol. The number of nitrogens with one attached hydrogen (secondary N) is 2. The fraction of sp³-hybridized carbons (Fsp3) is 0.261. The minimum Gasteiger partial charge on any atom is -0.347 e. The number of ether oxygens (including phenoxy) is 2. The topological polar surface area (TPSA) is 59.6 Å². The number of halogens is 1. The molecule has 6 heteroatoms. The minimum absolute atomic E-state index is 0.198. The van der Waals surface area contributed by atoms with Gasteiger partial charge in [0, 0.05) is 5.56 Å². The van der Waals surface area contributed by atoms with E-state index >= 15 is 0 Å². The van der Waals surface area contributed by atoms with Crippen molar-refractivity contribution in [1.29, 1.82) is 0 Å². The van der Waals surface area contributed by atoms with Crippen molar-refractivity contribution in [2.24, 2.45) is 0 Å². The van der Waals surface area contributed by atoms with Crippen LogP contribution in [0.4, 0.5) is 0 Å². The summed E-state index contributed by atoms with van der Waals surface area (Å²) in [6.45, 7) is 1.85. The van der Waals surface area contributed by atoms with Crippen molar-refractivity contribution in [2.75, 3.05) is 0 Å². The first kappa shape index (κ1) is 19.9. The van der Waals surface area contributed by atoms with Gasteiger partial charge >= 0.3 is 0 Å². The van der Waals surface area contributed by atoms with E-state index in [1.165, 1.54) is 0 Å². The monoisotopic (exact) mass is 410 g/mol. The van der Waals surface area contributed by atoms with Crippen molar-refractivity contribution in [2.45, 2.75) is 38.0 Å². The van der Waals surface area contributed by atoms with Gasteiger partial charge in [-0.25, -0.2) is 4.84 Å². The molecule has 0 bridgehead atoms. The molecule has 2 N–H and O–H groups in total. The molecule has 5 nitrogen and oxygen atoms in total. The highest BCUT2D eigenvalue weighted by molar-refractivity contribution is 6.15. The molecule has 4 rings (SSSR count). The zero-order chi connectivity index (χ0) is 20.2. The second-order valence-corrected chi connectivity index (χ2v) is 7.45. The minimum atomic E-state index is -0.565. The Hall–Kier alpha value is -2.44. The third kappa shape index (κ3) is 4.60. The molecular weight excluding hydrogens is 388 g/mol. The Morgan fingerprint density at radius 2 is 1.69 bits per heavy atom. The van der Waals surface area contributed by atoms with Crippen LogP contribution in [0.15, 0.2) is 72.8 Å². The van der Waals surface area contributed by atoms with E-state index in [0.717, 1.165) is 21.9 Å². The molecule has 29 heavy (non-hydrogen) atoms. The van der Waals surface area contributed by atoms with Crippen LogP contribution in [-0.4, -0.2) is 24.3 Å². The van der Waals surface area contributed by atoms with Crippen LogP contribution in [0.3, 0.4) is 0 Å². The summed E-state index contributed by atoms with van der Waals surface area (Å²) < 4.78 is 11.6. The standard InChI is InChI=1S/C23H23ClN2O3/c1-15(22-28-23(29-22)18-8-3-2-4-9-18)25-21(27)20(26-24)14-16-11-12-17-7-5-6-10-19(17)13-16/h2-13,15,20,22-23,26H,14H2,1H3,(H,25,27)/t15-,20-,22?,23?/m0/s1. The lowest BCUT2D eigenvalue weighted by atomic mass is 10.0. The summed E-state index contributed by atoms with van der Waals surface area (Å²) in [4.78, 5) is 15.3. The predicted molar refractivity (Wildman–Crippen MR) is 113 cm³/mol. The molecule has 2 atom stereocenters. The largest absolute Gasteiger partial charge is 0.347 e. The zero-order valence-corrected chi connectivity index (χ0v) is 16.8. The SMILES string of the molecule is C[C@H](NC(=O)[C@H](Cc1ccc2ccccc2c1)NCl)C1OC(c2ccccc2)O1. The highest BCUT2D eigenvalue weighted by atomic mass is 35.5. The second-order valence-electron chi connectivity index (χ2n) is 7.23. The lowest BCUT2D eigenvalue weighted by Crippen LogP contribution is -2.54. The van der Waals surface area contributed by atoms with Gasteiger partial charge in [-0.2, -0.15) is 0 Å². The molecule has 1 saturated heterocycles. The number of carbonyl (C=O) groups is 1. The third-order valence-corrected chi connectivity index (χ3v) is 5.33. The molecule has 0 radical (unpaired) electrons. The predicted octanol–water partition coefficient (Wildman–Crippen LogP) is 4.07. The van der Waals surface area contributed by atoms with Gasteiger partial charge in [0.1, 0.15) is 6.04 Å². The van der Waals surface area contributed by atoms with E-state index in [9.17, 15) is 4.79 Å². The van der Waals surface area contributed by atoms with Gasteiger partial charge in [0.2, 0.25) is 5.91 Å². The number of hydrogen-bond donors (Lipinski definition) is 2. The number of fused-ring (bicyclic) bond motifs is 1. The molecule has 0 aliphatic carbocycles. The van der Waals surface area contributed by atoms with E-state index in [1.54, 1.807) is 0 Å². The Morgan fingerprint density at radius 1 is 1.00 bits per heavy atom. The first-order valence-corrected chi connectivity index (χ1v) is 10.0. The lowest BCUT2D eigenvalue weighted by molar-refractivity contribution is -0.396. The van der Waals surface area contributed by atoms with Crippen molar-refractivity contribution in [3.05, 3.63) is 83.9 Å². The Bertz CT molecular complexity index is 976. The molecule has 0 unspecified atom stereocenters. The number of carbonyl (C=O) groups excluding carboxylic acids is 1. The molecule has 1 amide bonds. The Balaban J connectivity index is 1.32. The van der Waals surface area contributed by atoms with E-state index < -0.39 is 12.3 Å². The van der Waals surface area contributed by atoms with E-state index in [1.807, 2.05) is 55.5 Å². The van der Waals surface area contributed by atoms with Crippen molar-refractivity contribution >= 4 is 28.5 Å². The number of rotatable bonds is 7. The van der Waals surface area contributed by atoms with Crippen molar-refractivity contribution in [1.82, 2.24) is 10.2 Å². The molecular formula is C23H23ClN2O3. The van der Waals surface area contributed by atoms with Gasteiger partial charge in [-0.05, 0) is 41.5 Å². The quantitative estimate of drug-likeness (QED) is 0.576. The first-order chi connectivity index (χ1) is 14.1. The highest BCUT2D eigenvalue weighted by Gasteiger charge is 2.37. The first-order valence-electron chi connectivity index (χ1n) is 9.64. The summed E-state index contributed by atoms with van der Waals surface area (Å²) in [5.74, 6) is -0.198. The molecule has 3 aromatic rings. The summed E-state index contributed by atoms with van der Waals surface area (Å²) >= 11 is 5.87. The maximum Gasteiger partial charge on any atom is 0.239 e. The second kappa shape index (κ2) is 8.93. The summed E-state index contributed by atoms with van der Waals surface area (Å²) in [5, 5.41) is 5.22. The fourth-order valence-electron chi connectivity index (χ4n) is 3.43. The normalized spacial score (nSPS) is 20.6. The lowest BCUT2D eigenvalue weighted by Gasteiger charge is -2.40. The van der Waals surface area contributed by atoms with Crippen molar-refractivity contribution < 1.29 is 14.3 Å². The summed E-state index contributed by atoms with van der Waals surface area (Å²) in [6, 6.07) is 23.1. The van der Waals surface area contributed by atoms with Crippen LogP contribution in [0.5, 0.6) is 0 Å². The van der Waals surface area contributed by atoms with Gasteiger partial charge in [0.25, 0.3) is 0 Å². The molecule has 0 aromatic heterocycles. The van der Waals surface area contributed by atoms with Crippen molar-refractivity contribution in [3.63, 3.8) is 0 Å². The van der Waals surface area contributed by atoms with Crippen LogP contribution in [0.25, 0.3) is 10.8 Å². The Labute approximate surface area is 175 Å². The van der Waals surface area contributed by atoms with Crippen LogP contribution in [0.2, 0.25) is 0 Å². The van der Waals surface area contributed by atoms with E-state index in [2.05, 4.69) is 34.4 Å². The summed E-state index contributed by atoms with van der Waals surface area (Å²) in [5.41, 5.74) is 1.99. The van der Waals surface area contributed by atoms with Crippen LogP contribution in [0.1, 0.15) is 24.3 Å². The van der Waals surface area contributed by atoms with Gasteiger partial charge in [-0.3, -0.25) is 4.79 Å². The number of hydrogen-bond acceptors (Lipinski definition) is 4. The number of benzene rings is 3. The molecule has 0 saturated carbocycles. The molecule has 1 fully saturated rings. The maximum atomic E-state index is 12.7. The Morgan fingerprint density at radius 3 is 2.41 bits per heavy atom. The van der Waals surface area contributed by atoms with Gasteiger partial charge in [-0.15, -0.1) is 0 Å². The van der Waals surface area contributed by atoms with Gasteiger partial charge in [0.15, 0.2) is 12.6 Å². The fourth-order valence-corrected chi connectivity index (χ4v) is 3.61.